The van der Waals surface area contributed by atoms with E-state index >= 15 is 0 Å². The van der Waals surface area contributed by atoms with E-state index in [9.17, 15) is 4.79 Å². The number of anilines is 2. The number of carbonyl (C=O) groups excluding carboxylic acids is 1. The fourth-order valence-electron chi connectivity index (χ4n) is 2.31. The number of nitriles is 1. The van der Waals surface area contributed by atoms with Crippen LogP contribution in [0.4, 0.5) is 11.4 Å². The lowest BCUT2D eigenvalue weighted by Crippen LogP contribution is -2.17. The number of benzene rings is 1. The Balaban J connectivity index is 2.27. The number of aromatic nitrogens is 1. The van der Waals surface area contributed by atoms with Crippen LogP contribution in [0.25, 0.3) is 0 Å². The number of nitrogens with one attached hydrogen (secondary N) is 4. The van der Waals surface area contributed by atoms with Crippen molar-refractivity contribution in [3.63, 3.8) is 0 Å². The molecule has 0 unspecified atom stereocenters. The van der Waals surface area contributed by atoms with Gasteiger partial charge in [0.2, 0.25) is 0 Å². The maximum Gasteiger partial charge on any atom is 0.274 e. The van der Waals surface area contributed by atoms with Gasteiger partial charge in [-0.3, -0.25) is 15.6 Å². The van der Waals surface area contributed by atoms with Gasteiger partial charge in [0.15, 0.2) is 0 Å². The molecule has 0 aliphatic carbocycles. The van der Waals surface area contributed by atoms with Gasteiger partial charge in [-0.1, -0.05) is 0 Å². The summed E-state index contributed by atoms with van der Waals surface area (Å²) in [7, 11) is 1.69. The minimum absolute atomic E-state index is 0.0240. The predicted octanol–water partition coefficient (Wildman–Crippen LogP) is 2.22. The standard InChI is InChI=1S/C19H19N7O/c1-11-7-12(9-20)10-25-18(11)19(27)26-13-3-4-15(21)14(8-13)17(23)16(22)5-6-24-2/h3-8,10,22-24H,21H2,1-2H3,(H,26,27)/b6-5-,22-16?,23-17?. The lowest BCUT2D eigenvalue weighted by atomic mass is 10.0. The van der Waals surface area contributed by atoms with Crippen LogP contribution >= 0.6 is 0 Å². The molecule has 0 spiro atoms. The minimum Gasteiger partial charge on any atom is -0.398 e. The van der Waals surface area contributed by atoms with Crippen molar-refractivity contribution >= 4 is 28.7 Å². The molecule has 1 heterocycles. The number of amides is 1. The molecule has 6 N–H and O–H groups in total. The molecule has 8 nitrogen and oxygen atoms in total. The van der Waals surface area contributed by atoms with Gasteiger partial charge < -0.3 is 16.4 Å². The van der Waals surface area contributed by atoms with Crippen molar-refractivity contribution in [1.82, 2.24) is 10.3 Å². The Hall–Kier alpha value is -3.99. The Morgan fingerprint density at radius 1 is 1.33 bits per heavy atom. The number of hydrogen-bond donors (Lipinski definition) is 5. The first-order valence-electron chi connectivity index (χ1n) is 7.96. The van der Waals surface area contributed by atoms with E-state index in [4.69, 9.17) is 21.8 Å². The third kappa shape index (κ3) is 4.55. The fourth-order valence-corrected chi connectivity index (χ4v) is 2.31. The Bertz CT molecular complexity index is 986. The monoisotopic (exact) mass is 361 g/mol. The SMILES string of the molecule is CN/C=C\C(=N)C(=N)c1cc(NC(=O)c2ncc(C#N)cc2C)ccc1N. The highest BCUT2D eigenvalue weighted by Crippen LogP contribution is 2.20. The number of nitrogens with zero attached hydrogens (tertiary/aromatic N) is 2. The fraction of sp³-hybridized carbons (Fsp3) is 0.105. The molecule has 0 atom stereocenters. The van der Waals surface area contributed by atoms with E-state index in [0.29, 0.717) is 28.1 Å². The zero-order valence-electron chi connectivity index (χ0n) is 14.9. The molecular weight excluding hydrogens is 342 g/mol. The first kappa shape index (κ1) is 19.3. The third-order valence-corrected chi connectivity index (χ3v) is 3.69. The molecule has 0 fully saturated rings. The van der Waals surface area contributed by atoms with Crippen LogP contribution in [0.1, 0.15) is 27.2 Å². The Labute approximate surface area is 156 Å². The molecule has 0 radical (unpaired) electrons. The molecule has 1 amide bonds. The van der Waals surface area contributed by atoms with E-state index in [2.05, 4.69) is 15.6 Å². The van der Waals surface area contributed by atoms with Crippen LogP contribution < -0.4 is 16.4 Å². The van der Waals surface area contributed by atoms with Crippen LogP contribution in [-0.4, -0.2) is 29.4 Å². The van der Waals surface area contributed by atoms with Gasteiger partial charge in [0.25, 0.3) is 5.91 Å². The second kappa shape index (κ2) is 8.40. The topological polar surface area (TPSA) is 152 Å². The summed E-state index contributed by atoms with van der Waals surface area (Å²) >= 11 is 0. The van der Waals surface area contributed by atoms with Gasteiger partial charge in [-0.05, 0) is 49.0 Å². The van der Waals surface area contributed by atoms with E-state index in [1.807, 2.05) is 6.07 Å². The first-order chi connectivity index (χ1) is 12.9. The van der Waals surface area contributed by atoms with Crippen molar-refractivity contribution in [2.45, 2.75) is 6.92 Å². The number of pyridine rings is 1. The van der Waals surface area contributed by atoms with Crippen LogP contribution in [0.2, 0.25) is 0 Å². The van der Waals surface area contributed by atoms with Gasteiger partial charge in [-0.2, -0.15) is 5.26 Å². The molecule has 0 saturated carbocycles. The number of hydrogen-bond acceptors (Lipinski definition) is 7. The highest BCUT2D eigenvalue weighted by atomic mass is 16.1. The average molecular weight is 361 g/mol. The zero-order chi connectivity index (χ0) is 20.0. The van der Waals surface area contributed by atoms with Crippen molar-refractivity contribution < 1.29 is 4.79 Å². The van der Waals surface area contributed by atoms with Gasteiger partial charge in [-0.25, -0.2) is 4.98 Å². The van der Waals surface area contributed by atoms with Crippen LogP contribution in [0.15, 0.2) is 42.7 Å². The van der Waals surface area contributed by atoms with E-state index in [0.717, 1.165) is 0 Å². The van der Waals surface area contributed by atoms with E-state index in [1.54, 1.807) is 32.2 Å². The normalized spacial score (nSPS) is 10.3. The average Bonchev–Trinajstić information content (AvgIpc) is 2.66. The smallest absolute Gasteiger partial charge is 0.274 e. The minimum atomic E-state index is -0.440. The summed E-state index contributed by atoms with van der Waals surface area (Å²) < 4.78 is 0. The van der Waals surface area contributed by atoms with E-state index in [1.165, 1.54) is 24.5 Å². The molecule has 27 heavy (non-hydrogen) atoms. The summed E-state index contributed by atoms with van der Waals surface area (Å²) in [6, 6.07) is 8.27. The Morgan fingerprint density at radius 2 is 2.07 bits per heavy atom. The number of allylic oxidation sites excluding steroid dienone is 1. The van der Waals surface area contributed by atoms with Gasteiger partial charge >= 0.3 is 0 Å². The summed E-state index contributed by atoms with van der Waals surface area (Å²) in [6.07, 6.45) is 4.32. The number of nitrogens with two attached hydrogens (primary N) is 1. The molecular formula is C19H19N7O. The number of nitrogen functional groups attached to an aromatic ring is 1. The number of carbonyl (C=O) groups is 1. The third-order valence-electron chi connectivity index (χ3n) is 3.69. The number of aryl methyl sites for hydroxylation is 1. The predicted molar refractivity (Wildman–Crippen MR) is 105 cm³/mol. The van der Waals surface area contributed by atoms with Gasteiger partial charge in [0.1, 0.15) is 11.8 Å². The molecule has 2 rings (SSSR count). The highest BCUT2D eigenvalue weighted by molar-refractivity contribution is 6.50. The summed E-state index contributed by atoms with van der Waals surface area (Å²) in [5, 5.41) is 30.4. The molecule has 0 bridgehead atoms. The van der Waals surface area contributed by atoms with Crippen LogP contribution in [0, 0.1) is 29.1 Å². The van der Waals surface area contributed by atoms with Crippen molar-refractivity contribution in [2.24, 2.45) is 0 Å². The largest absolute Gasteiger partial charge is 0.398 e. The summed E-state index contributed by atoms with van der Waals surface area (Å²) in [6.45, 7) is 1.70. The molecule has 2 aromatic rings. The molecule has 0 aliphatic rings. The molecule has 1 aromatic carbocycles. The van der Waals surface area contributed by atoms with Crippen molar-refractivity contribution in [3.8, 4) is 6.07 Å². The molecule has 0 aliphatic heterocycles. The summed E-state index contributed by atoms with van der Waals surface area (Å²) in [5.74, 6) is -0.440. The maximum absolute atomic E-state index is 12.5. The van der Waals surface area contributed by atoms with Crippen LogP contribution in [0.3, 0.4) is 0 Å². The lowest BCUT2D eigenvalue weighted by Gasteiger charge is -2.11. The van der Waals surface area contributed by atoms with Gasteiger partial charge in [0, 0.05) is 30.2 Å². The molecule has 1 aromatic heterocycles. The maximum atomic E-state index is 12.5. The van der Waals surface area contributed by atoms with E-state index < -0.39 is 5.91 Å². The van der Waals surface area contributed by atoms with Gasteiger partial charge in [0.05, 0.1) is 17.0 Å². The summed E-state index contributed by atoms with van der Waals surface area (Å²) in [5.41, 5.74) is 8.07. The molecule has 8 heteroatoms. The summed E-state index contributed by atoms with van der Waals surface area (Å²) in [4.78, 5) is 16.5. The van der Waals surface area contributed by atoms with Crippen molar-refractivity contribution in [2.75, 3.05) is 18.1 Å². The van der Waals surface area contributed by atoms with Crippen molar-refractivity contribution in [1.29, 1.82) is 16.1 Å². The quantitative estimate of drug-likeness (QED) is 0.394. The zero-order valence-corrected chi connectivity index (χ0v) is 14.9. The van der Waals surface area contributed by atoms with Gasteiger partial charge in [-0.15, -0.1) is 0 Å². The lowest BCUT2D eigenvalue weighted by molar-refractivity contribution is 0.102. The second-order valence-electron chi connectivity index (χ2n) is 5.67. The Kier molecular flexibility index (Phi) is 6.02. The van der Waals surface area contributed by atoms with Crippen LogP contribution in [0.5, 0.6) is 0 Å². The second-order valence-corrected chi connectivity index (χ2v) is 5.67. The number of rotatable bonds is 6. The molecule has 0 saturated heterocycles. The van der Waals surface area contributed by atoms with Crippen LogP contribution in [-0.2, 0) is 0 Å². The Morgan fingerprint density at radius 3 is 2.70 bits per heavy atom. The molecule has 136 valence electrons. The van der Waals surface area contributed by atoms with E-state index in [-0.39, 0.29) is 17.1 Å². The highest BCUT2D eigenvalue weighted by Gasteiger charge is 2.14. The van der Waals surface area contributed by atoms with Crippen molar-refractivity contribution in [3.05, 3.63) is 65.1 Å². The first-order valence-corrected chi connectivity index (χ1v) is 7.96.